The van der Waals surface area contributed by atoms with Gasteiger partial charge < -0.3 is 19.7 Å². The maximum Gasteiger partial charge on any atom is 0.238 e. The third-order valence-corrected chi connectivity index (χ3v) is 5.01. The fourth-order valence-corrected chi connectivity index (χ4v) is 3.62. The number of benzene rings is 1. The van der Waals surface area contributed by atoms with Gasteiger partial charge in [0, 0.05) is 19.6 Å². The zero-order valence-corrected chi connectivity index (χ0v) is 16.2. The van der Waals surface area contributed by atoms with Crippen LogP contribution in [0.15, 0.2) is 36.5 Å². The SMILES string of the molecule is CN(CC(=O)Nc1ccc(N2CCCCC2)nc1)Cc1ccc2c(c1)OCO2. The molecule has 0 radical (unpaired) electrons. The fourth-order valence-electron chi connectivity index (χ4n) is 3.62. The van der Waals surface area contributed by atoms with Crippen LogP contribution < -0.4 is 19.7 Å². The van der Waals surface area contributed by atoms with Crippen molar-refractivity contribution < 1.29 is 14.3 Å². The van der Waals surface area contributed by atoms with Gasteiger partial charge in [-0.2, -0.15) is 0 Å². The van der Waals surface area contributed by atoms with Gasteiger partial charge in [-0.25, -0.2) is 4.98 Å². The number of pyridine rings is 1. The lowest BCUT2D eigenvalue weighted by Gasteiger charge is -2.27. The first-order valence-electron chi connectivity index (χ1n) is 9.75. The molecule has 0 spiro atoms. The van der Waals surface area contributed by atoms with Gasteiger partial charge in [-0.3, -0.25) is 9.69 Å². The van der Waals surface area contributed by atoms with Crippen molar-refractivity contribution in [1.29, 1.82) is 0 Å². The van der Waals surface area contributed by atoms with E-state index in [0.717, 1.165) is 41.7 Å². The van der Waals surface area contributed by atoms with Crippen molar-refractivity contribution >= 4 is 17.4 Å². The number of piperidine rings is 1. The summed E-state index contributed by atoms with van der Waals surface area (Å²) in [5, 5.41) is 2.92. The highest BCUT2D eigenvalue weighted by atomic mass is 16.7. The molecule has 7 heteroatoms. The summed E-state index contributed by atoms with van der Waals surface area (Å²) in [4.78, 5) is 21.1. The number of carbonyl (C=O) groups excluding carboxylic acids is 1. The van der Waals surface area contributed by atoms with Crippen LogP contribution in [0, 0.1) is 0 Å². The predicted molar refractivity (Wildman–Crippen MR) is 108 cm³/mol. The zero-order valence-electron chi connectivity index (χ0n) is 16.2. The van der Waals surface area contributed by atoms with E-state index in [2.05, 4.69) is 15.2 Å². The van der Waals surface area contributed by atoms with E-state index in [-0.39, 0.29) is 12.7 Å². The Labute approximate surface area is 165 Å². The van der Waals surface area contributed by atoms with Gasteiger partial charge >= 0.3 is 0 Å². The molecule has 2 aliphatic rings. The summed E-state index contributed by atoms with van der Waals surface area (Å²) in [6.45, 7) is 3.33. The lowest BCUT2D eigenvalue weighted by molar-refractivity contribution is -0.117. The van der Waals surface area contributed by atoms with Crippen LogP contribution in [0.3, 0.4) is 0 Å². The molecule has 0 aliphatic carbocycles. The summed E-state index contributed by atoms with van der Waals surface area (Å²) >= 11 is 0. The van der Waals surface area contributed by atoms with E-state index in [4.69, 9.17) is 9.47 Å². The van der Waals surface area contributed by atoms with Crippen LogP contribution in [-0.2, 0) is 11.3 Å². The average molecular weight is 382 g/mol. The van der Waals surface area contributed by atoms with Crippen LogP contribution in [0.25, 0.3) is 0 Å². The van der Waals surface area contributed by atoms with Crippen molar-refractivity contribution in [1.82, 2.24) is 9.88 Å². The molecule has 2 aliphatic heterocycles. The molecule has 148 valence electrons. The van der Waals surface area contributed by atoms with E-state index >= 15 is 0 Å². The molecular formula is C21H26N4O3. The molecule has 4 rings (SSSR count). The Morgan fingerprint density at radius 2 is 1.96 bits per heavy atom. The van der Waals surface area contributed by atoms with Gasteiger partial charge in [0.1, 0.15) is 5.82 Å². The van der Waals surface area contributed by atoms with Crippen molar-refractivity contribution in [2.45, 2.75) is 25.8 Å². The van der Waals surface area contributed by atoms with Crippen molar-refractivity contribution in [3.63, 3.8) is 0 Å². The first-order chi connectivity index (χ1) is 13.7. The number of nitrogens with zero attached hydrogens (tertiary/aromatic N) is 3. The number of fused-ring (bicyclic) bond motifs is 1. The van der Waals surface area contributed by atoms with Crippen molar-refractivity contribution in [3.8, 4) is 11.5 Å². The van der Waals surface area contributed by atoms with Crippen LogP contribution >= 0.6 is 0 Å². The van der Waals surface area contributed by atoms with Crippen LogP contribution in [-0.4, -0.2) is 49.3 Å². The molecule has 2 aromatic rings. The second-order valence-electron chi connectivity index (χ2n) is 7.36. The Morgan fingerprint density at radius 3 is 2.75 bits per heavy atom. The topological polar surface area (TPSA) is 66.9 Å². The van der Waals surface area contributed by atoms with Crippen molar-refractivity contribution in [2.24, 2.45) is 0 Å². The molecule has 28 heavy (non-hydrogen) atoms. The van der Waals surface area contributed by atoms with Crippen molar-refractivity contribution in [2.75, 3.05) is 43.7 Å². The largest absolute Gasteiger partial charge is 0.454 e. The van der Waals surface area contributed by atoms with E-state index in [9.17, 15) is 4.79 Å². The Balaban J connectivity index is 1.27. The molecular weight excluding hydrogens is 356 g/mol. The maximum atomic E-state index is 12.4. The van der Waals surface area contributed by atoms with Crippen LogP contribution in [0.1, 0.15) is 24.8 Å². The Kier molecular flexibility index (Phi) is 5.62. The number of amides is 1. The number of hydrogen-bond donors (Lipinski definition) is 1. The number of ether oxygens (including phenoxy) is 2. The highest BCUT2D eigenvalue weighted by molar-refractivity contribution is 5.92. The van der Waals surface area contributed by atoms with E-state index in [1.165, 1.54) is 19.3 Å². The second-order valence-corrected chi connectivity index (χ2v) is 7.36. The number of rotatable bonds is 6. The molecule has 1 fully saturated rings. The van der Waals surface area contributed by atoms with E-state index in [1.54, 1.807) is 6.20 Å². The lowest BCUT2D eigenvalue weighted by atomic mass is 10.1. The zero-order chi connectivity index (χ0) is 19.3. The summed E-state index contributed by atoms with van der Waals surface area (Å²) in [5.41, 5.74) is 1.80. The first-order valence-corrected chi connectivity index (χ1v) is 9.75. The molecule has 0 atom stereocenters. The Hall–Kier alpha value is -2.80. The molecule has 0 bridgehead atoms. The number of aromatic nitrogens is 1. The predicted octanol–water partition coefficient (Wildman–Crippen LogP) is 2.87. The van der Waals surface area contributed by atoms with Gasteiger partial charge in [-0.05, 0) is 56.1 Å². The molecule has 3 heterocycles. The monoisotopic (exact) mass is 382 g/mol. The fraction of sp³-hybridized carbons (Fsp3) is 0.429. The third-order valence-electron chi connectivity index (χ3n) is 5.01. The molecule has 1 aromatic heterocycles. The van der Waals surface area contributed by atoms with Gasteiger partial charge in [0.05, 0.1) is 18.4 Å². The average Bonchev–Trinajstić information content (AvgIpc) is 3.17. The molecule has 7 nitrogen and oxygen atoms in total. The Bertz CT molecular complexity index is 819. The van der Waals surface area contributed by atoms with Gasteiger partial charge in [0.25, 0.3) is 0 Å². The lowest BCUT2D eigenvalue weighted by Crippen LogP contribution is -2.30. The summed E-state index contributed by atoms with van der Waals surface area (Å²) < 4.78 is 10.7. The minimum atomic E-state index is -0.0595. The molecule has 1 saturated heterocycles. The number of carbonyl (C=O) groups is 1. The highest BCUT2D eigenvalue weighted by Gasteiger charge is 2.15. The van der Waals surface area contributed by atoms with Gasteiger partial charge in [0.2, 0.25) is 12.7 Å². The standard InChI is InChI=1S/C21H26N4O3/c1-24(13-16-5-7-18-19(11-16)28-15-27-18)14-21(26)23-17-6-8-20(22-12-17)25-9-3-2-4-10-25/h5-8,11-12H,2-4,9-10,13-15H2,1H3,(H,23,26). The number of likely N-dealkylation sites (N-methyl/N-ethyl adjacent to an activating group) is 1. The first kappa shape index (κ1) is 18.6. The molecule has 1 N–H and O–H groups in total. The third kappa shape index (κ3) is 4.54. The molecule has 0 saturated carbocycles. The van der Waals surface area contributed by atoms with Gasteiger partial charge in [-0.15, -0.1) is 0 Å². The van der Waals surface area contributed by atoms with Gasteiger partial charge in [0.15, 0.2) is 11.5 Å². The highest BCUT2D eigenvalue weighted by Crippen LogP contribution is 2.32. The molecule has 0 unspecified atom stereocenters. The van der Waals surface area contributed by atoms with Crippen LogP contribution in [0.5, 0.6) is 11.5 Å². The van der Waals surface area contributed by atoms with E-state index in [0.29, 0.717) is 13.1 Å². The number of hydrogen-bond acceptors (Lipinski definition) is 6. The Morgan fingerprint density at radius 1 is 1.14 bits per heavy atom. The molecule has 1 amide bonds. The van der Waals surface area contributed by atoms with Crippen molar-refractivity contribution in [3.05, 3.63) is 42.1 Å². The smallest absolute Gasteiger partial charge is 0.238 e. The number of nitrogens with one attached hydrogen (secondary N) is 1. The minimum Gasteiger partial charge on any atom is -0.454 e. The van der Waals surface area contributed by atoms with Crippen LogP contribution in [0.2, 0.25) is 0 Å². The summed E-state index contributed by atoms with van der Waals surface area (Å²) in [6.07, 6.45) is 5.47. The normalized spacial score (nSPS) is 15.7. The van der Waals surface area contributed by atoms with E-state index < -0.39 is 0 Å². The van der Waals surface area contributed by atoms with E-state index in [1.807, 2.05) is 42.3 Å². The van der Waals surface area contributed by atoms with Gasteiger partial charge in [-0.1, -0.05) is 6.07 Å². The number of anilines is 2. The van der Waals surface area contributed by atoms with Crippen LogP contribution in [0.4, 0.5) is 11.5 Å². The summed E-state index contributed by atoms with van der Waals surface area (Å²) in [5.74, 6) is 2.45. The minimum absolute atomic E-state index is 0.0595. The second kappa shape index (κ2) is 8.48. The maximum absolute atomic E-state index is 12.4. The molecule has 1 aromatic carbocycles. The summed E-state index contributed by atoms with van der Waals surface area (Å²) in [6, 6.07) is 9.76. The quantitative estimate of drug-likeness (QED) is 0.829. The summed E-state index contributed by atoms with van der Waals surface area (Å²) in [7, 11) is 1.92.